The Morgan fingerprint density at radius 3 is 3.09 bits per heavy atom. The number of likely N-dealkylation sites (N-methyl/N-ethyl adjacent to an activating group) is 1. The number of hydrogen-bond acceptors (Lipinski definition) is 2. The fourth-order valence-corrected chi connectivity index (χ4v) is 1.65. The van der Waals surface area contributed by atoms with Gasteiger partial charge in [0.1, 0.15) is 0 Å². The summed E-state index contributed by atoms with van der Waals surface area (Å²) in [5.41, 5.74) is 0. The summed E-state index contributed by atoms with van der Waals surface area (Å²) in [5, 5.41) is 3.39. The van der Waals surface area contributed by atoms with Crippen molar-refractivity contribution in [2.45, 2.75) is 18.9 Å². The first kappa shape index (κ1) is 9.30. The van der Waals surface area contributed by atoms with Gasteiger partial charge in [-0.3, -0.25) is 0 Å². The van der Waals surface area contributed by atoms with Gasteiger partial charge in [-0.2, -0.15) is 0 Å². The van der Waals surface area contributed by atoms with Crippen molar-refractivity contribution >= 4 is 11.6 Å². The van der Waals surface area contributed by atoms with Crippen LogP contribution >= 0.6 is 11.6 Å². The molecule has 66 valence electrons. The van der Waals surface area contributed by atoms with Crippen LogP contribution in [0.4, 0.5) is 0 Å². The maximum atomic E-state index is 5.63. The summed E-state index contributed by atoms with van der Waals surface area (Å²) < 4.78 is 0. The lowest BCUT2D eigenvalue weighted by Gasteiger charge is -2.32. The third-order valence-electron chi connectivity index (χ3n) is 2.32. The molecule has 0 bridgehead atoms. The Labute approximate surface area is 73.9 Å². The minimum Gasteiger partial charge on any atom is -0.314 e. The molecule has 1 unspecified atom stereocenters. The average Bonchev–Trinajstić information content (AvgIpc) is 2.03. The van der Waals surface area contributed by atoms with Gasteiger partial charge in [0, 0.05) is 31.6 Å². The van der Waals surface area contributed by atoms with Crippen LogP contribution in [0, 0.1) is 0 Å². The van der Waals surface area contributed by atoms with Crippen LogP contribution in [0.15, 0.2) is 0 Å². The van der Waals surface area contributed by atoms with Gasteiger partial charge >= 0.3 is 0 Å². The van der Waals surface area contributed by atoms with E-state index in [1.54, 1.807) is 0 Å². The zero-order valence-corrected chi connectivity index (χ0v) is 7.90. The van der Waals surface area contributed by atoms with E-state index in [9.17, 15) is 0 Å². The van der Waals surface area contributed by atoms with Gasteiger partial charge in [-0.15, -0.1) is 11.6 Å². The van der Waals surface area contributed by atoms with Crippen LogP contribution < -0.4 is 5.32 Å². The molecule has 1 rings (SSSR count). The molecule has 3 heteroatoms. The monoisotopic (exact) mass is 176 g/mol. The van der Waals surface area contributed by atoms with Gasteiger partial charge in [-0.05, 0) is 19.9 Å². The van der Waals surface area contributed by atoms with Crippen molar-refractivity contribution in [3.63, 3.8) is 0 Å². The second kappa shape index (κ2) is 4.96. The topological polar surface area (TPSA) is 15.3 Å². The fraction of sp³-hybridized carbons (Fsp3) is 1.00. The lowest BCUT2D eigenvalue weighted by molar-refractivity contribution is 0.190. The van der Waals surface area contributed by atoms with Gasteiger partial charge in [0.15, 0.2) is 0 Å². The van der Waals surface area contributed by atoms with Crippen molar-refractivity contribution in [1.29, 1.82) is 0 Å². The number of halogens is 1. The number of hydrogen-bond donors (Lipinski definition) is 1. The molecule has 0 amide bonds. The van der Waals surface area contributed by atoms with Crippen molar-refractivity contribution in [1.82, 2.24) is 10.2 Å². The first-order valence-electron chi connectivity index (χ1n) is 4.31. The molecule has 2 nitrogen and oxygen atoms in total. The highest BCUT2D eigenvalue weighted by Crippen LogP contribution is 2.07. The summed E-state index contributed by atoms with van der Waals surface area (Å²) in [5.74, 6) is 0.796. The normalized spacial score (nSPS) is 27.3. The van der Waals surface area contributed by atoms with Crippen molar-refractivity contribution in [2.75, 3.05) is 32.6 Å². The molecule has 0 radical (unpaired) electrons. The minimum absolute atomic E-state index is 0.711. The van der Waals surface area contributed by atoms with Crippen molar-refractivity contribution in [3.05, 3.63) is 0 Å². The molecule has 1 aliphatic heterocycles. The van der Waals surface area contributed by atoms with E-state index in [-0.39, 0.29) is 0 Å². The second-order valence-corrected chi connectivity index (χ2v) is 3.55. The molecule has 1 fully saturated rings. The molecule has 0 aliphatic carbocycles. The smallest absolute Gasteiger partial charge is 0.0224 e. The van der Waals surface area contributed by atoms with Gasteiger partial charge in [0.25, 0.3) is 0 Å². The molecule has 0 spiro atoms. The summed E-state index contributed by atoms with van der Waals surface area (Å²) in [6, 6.07) is 0.711. The summed E-state index contributed by atoms with van der Waals surface area (Å²) in [4.78, 5) is 2.42. The molecule has 1 N–H and O–H groups in total. The summed E-state index contributed by atoms with van der Waals surface area (Å²) in [7, 11) is 2.19. The number of rotatable bonds is 3. The van der Waals surface area contributed by atoms with Gasteiger partial charge in [-0.25, -0.2) is 0 Å². The molecular formula is C8H17ClN2. The molecule has 0 aromatic rings. The van der Waals surface area contributed by atoms with Gasteiger partial charge in [0.05, 0.1) is 0 Å². The molecule has 1 aliphatic rings. The minimum atomic E-state index is 0.711. The van der Waals surface area contributed by atoms with Crippen molar-refractivity contribution in [3.8, 4) is 0 Å². The number of nitrogens with zero attached hydrogens (tertiary/aromatic N) is 1. The van der Waals surface area contributed by atoms with E-state index in [1.165, 1.54) is 13.0 Å². The molecule has 0 aromatic carbocycles. The summed E-state index contributed by atoms with van der Waals surface area (Å²) >= 11 is 5.63. The van der Waals surface area contributed by atoms with Crippen molar-refractivity contribution in [2.24, 2.45) is 0 Å². The van der Waals surface area contributed by atoms with Crippen molar-refractivity contribution < 1.29 is 0 Å². The highest BCUT2D eigenvalue weighted by Gasteiger charge is 2.16. The second-order valence-electron chi connectivity index (χ2n) is 3.17. The van der Waals surface area contributed by atoms with Crippen LogP contribution in [0.25, 0.3) is 0 Å². The Kier molecular flexibility index (Phi) is 4.20. The standard InChI is InChI=1S/C8H17ClN2/c1-11-6-5-10-7-8(11)3-2-4-9/h8,10H,2-7H2,1H3. The van der Waals surface area contributed by atoms with Crippen LogP contribution in [0.2, 0.25) is 0 Å². The molecule has 1 atom stereocenters. The molecular weight excluding hydrogens is 160 g/mol. The van der Waals surface area contributed by atoms with E-state index in [4.69, 9.17) is 11.6 Å². The predicted octanol–water partition coefficient (Wildman–Crippen LogP) is 0.909. The van der Waals surface area contributed by atoms with Gasteiger partial charge in [0.2, 0.25) is 0 Å². The third kappa shape index (κ3) is 2.97. The Morgan fingerprint density at radius 2 is 2.45 bits per heavy atom. The number of piperazine rings is 1. The quantitative estimate of drug-likeness (QED) is 0.644. The van der Waals surface area contributed by atoms with Gasteiger partial charge < -0.3 is 10.2 Å². The Bertz CT molecular complexity index is 108. The highest BCUT2D eigenvalue weighted by molar-refractivity contribution is 6.17. The van der Waals surface area contributed by atoms with Crippen LogP contribution in [-0.2, 0) is 0 Å². The van der Waals surface area contributed by atoms with E-state index >= 15 is 0 Å². The highest BCUT2D eigenvalue weighted by atomic mass is 35.5. The molecule has 11 heavy (non-hydrogen) atoms. The van der Waals surface area contributed by atoms with Crippen LogP contribution in [0.3, 0.4) is 0 Å². The molecule has 0 aromatic heterocycles. The molecule has 1 heterocycles. The lowest BCUT2D eigenvalue weighted by Crippen LogP contribution is -2.49. The lowest BCUT2D eigenvalue weighted by atomic mass is 10.1. The van der Waals surface area contributed by atoms with Gasteiger partial charge in [-0.1, -0.05) is 0 Å². The number of nitrogens with one attached hydrogen (secondary N) is 1. The Hall–Kier alpha value is 0.210. The first-order valence-corrected chi connectivity index (χ1v) is 4.85. The van der Waals surface area contributed by atoms with E-state index in [0.29, 0.717) is 6.04 Å². The molecule has 1 saturated heterocycles. The van der Waals surface area contributed by atoms with Crippen LogP contribution in [0.1, 0.15) is 12.8 Å². The maximum Gasteiger partial charge on any atom is 0.0224 e. The Balaban J connectivity index is 2.18. The van der Waals surface area contributed by atoms with E-state index in [0.717, 1.165) is 25.4 Å². The summed E-state index contributed by atoms with van der Waals surface area (Å²) in [6.45, 7) is 3.44. The predicted molar refractivity (Wildman–Crippen MR) is 49.2 cm³/mol. The van der Waals surface area contributed by atoms with Crippen LogP contribution in [0.5, 0.6) is 0 Å². The fourth-order valence-electron chi connectivity index (χ4n) is 1.50. The van der Waals surface area contributed by atoms with E-state index < -0.39 is 0 Å². The summed E-state index contributed by atoms with van der Waals surface area (Å²) in [6.07, 6.45) is 2.37. The maximum absolute atomic E-state index is 5.63. The SMILES string of the molecule is CN1CCNCC1CCCCl. The zero-order chi connectivity index (χ0) is 8.10. The van der Waals surface area contributed by atoms with Crippen LogP contribution in [-0.4, -0.2) is 43.5 Å². The third-order valence-corrected chi connectivity index (χ3v) is 2.58. The largest absolute Gasteiger partial charge is 0.314 e. The molecule has 0 saturated carbocycles. The zero-order valence-electron chi connectivity index (χ0n) is 7.15. The number of alkyl halides is 1. The van der Waals surface area contributed by atoms with E-state index in [1.807, 2.05) is 0 Å². The first-order chi connectivity index (χ1) is 5.34. The van der Waals surface area contributed by atoms with E-state index in [2.05, 4.69) is 17.3 Å². The average molecular weight is 177 g/mol. The Morgan fingerprint density at radius 1 is 1.64 bits per heavy atom.